The van der Waals surface area contributed by atoms with Crippen LogP contribution in [0.15, 0.2) is 23.1 Å². The summed E-state index contributed by atoms with van der Waals surface area (Å²) < 4.78 is 26.2. The number of carbonyl (C=O) groups is 1. The van der Waals surface area contributed by atoms with E-state index in [1.54, 1.807) is 0 Å². The SMILES string of the molecule is CC(C)(CNS(=O)(=O)c1ccc(Cl)cc1[N+](=O)[O-])C(=O)O. The van der Waals surface area contributed by atoms with Crippen LogP contribution in [0.2, 0.25) is 5.02 Å². The number of carboxylic acid groups (broad SMARTS) is 1. The summed E-state index contributed by atoms with van der Waals surface area (Å²) in [5.74, 6) is -1.20. The van der Waals surface area contributed by atoms with E-state index < -0.39 is 43.5 Å². The van der Waals surface area contributed by atoms with Gasteiger partial charge in [0.25, 0.3) is 5.69 Å². The van der Waals surface area contributed by atoms with E-state index in [4.69, 9.17) is 16.7 Å². The number of halogens is 1. The van der Waals surface area contributed by atoms with E-state index in [-0.39, 0.29) is 5.02 Å². The lowest BCUT2D eigenvalue weighted by Crippen LogP contribution is -2.39. The minimum atomic E-state index is -4.23. The van der Waals surface area contributed by atoms with Crippen molar-refractivity contribution >= 4 is 33.3 Å². The number of hydrogen-bond acceptors (Lipinski definition) is 5. The summed E-state index contributed by atoms with van der Waals surface area (Å²) in [5, 5.41) is 19.8. The zero-order chi connectivity index (χ0) is 16.4. The van der Waals surface area contributed by atoms with Crippen molar-refractivity contribution in [1.82, 2.24) is 4.72 Å². The van der Waals surface area contributed by atoms with Crippen LogP contribution >= 0.6 is 11.6 Å². The van der Waals surface area contributed by atoms with Gasteiger partial charge in [-0.1, -0.05) is 11.6 Å². The van der Waals surface area contributed by atoms with Crippen molar-refractivity contribution in [3.8, 4) is 0 Å². The molecule has 116 valence electrons. The third kappa shape index (κ3) is 4.13. The number of nitro benzene ring substituents is 1. The maximum Gasteiger partial charge on any atom is 0.310 e. The van der Waals surface area contributed by atoms with Crippen molar-refractivity contribution in [2.75, 3.05) is 6.54 Å². The Morgan fingerprint density at radius 2 is 2.05 bits per heavy atom. The fourth-order valence-corrected chi connectivity index (χ4v) is 2.82. The molecule has 0 unspecified atom stereocenters. The van der Waals surface area contributed by atoms with Gasteiger partial charge in [0, 0.05) is 17.6 Å². The zero-order valence-electron chi connectivity index (χ0n) is 11.2. The Labute approximate surface area is 125 Å². The fourth-order valence-electron chi connectivity index (χ4n) is 1.29. The average Bonchev–Trinajstić information content (AvgIpc) is 2.36. The topological polar surface area (TPSA) is 127 Å². The third-order valence-corrected chi connectivity index (χ3v) is 4.37. The van der Waals surface area contributed by atoms with Gasteiger partial charge in [0.1, 0.15) is 0 Å². The first-order chi connectivity index (χ1) is 9.47. The summed E-state index contributed by atoms with van der Waals surface area (Å²) in [6, 6.07) is 3.11. The first-order valence-corrected chi connectivity index (χ1v) is 7.50. The van der Waals surface area contributed by atoms with E-state index in [0.29, 0.717) is 0 Å². The Kier molecular flexibility index (Phi) is 4.92. The molecular formula is C11H13ClN2O6S. The normalized spacial score (nSPS) is 12.1. The molecular weight excluding hydrogens is 324 g/mol. The van der Waals surface area contributed by atoms with Crippen LogP contribution in [0, 0.1) is 15.5 Å². The van der Waals surface area contributed by atoms with E-state index >= 15 is 0 Å². The maximum atomic E-state index is 12.1. The average molecular weight is 337 g/mol. The molecule has 0 saturated carbocycles. The maximum absolute atomic E-state index is 12.1. The summed E-state index contributed by atoms with van der Waals surface area (Å²) in [6.07, 6.45) is 0. The van der Waals surface area contributed by atoms with Gasteiger partial charge in [-0.25, -0.2) is 13.1 Å². The van der Waals surface area contributed by atoms with Crippen LogP contribution in [-0.4, -0.2) is 31.0 Å². The lowest BCUT2D eigenvalue weighted by atomic mass is 9.95. The predicted molar refractivity (Wildman–Crippen MR) is 74.7 cm³/mol. The van der Waals surface area contributed by atoms with E-state index in [9.17, 15) is 23.3 Å². The monoisotopic (exact) mass is 336 g/mol. The highest BCUT2D eigenvalue weighted by Gasteiger charge is 2.32. The second-order valence-electron chi connectivity index (χ2n) is 4.88. The van der Waals surface area contributed by atoms with Gasteiger partial charge >= 0.3 is 5.97 Å². The largest absolute Gasteiger partial charge is 0.481 e. The predicted octanol–water partition coefficient (Wildman–Crippen LogP) is 1.64. The van der Waals surface area contributed by atoms with E-state index in [1.807, 2.05) is 0 Å². The molecule has 0 spiro atoms. The Balaban J connectivity index is 3.15. The molecule has 0 aliphatic carbocycles. The van der Waals surface area contributed by atoms with Gasteiger partial charge in [0.2, 0.25) is 10.0 Å². The van der Waals surface area contributed by atoms with Gasteiger partial charge in [-0.05, 0) is 26.0 Å². The molecule has 1 aromatic rings. The first kappa shape index (κ1) is 17.3. The standard InChI is InChI=1S/C11H13ClN2O6S/c1-11(2,10(15)16)6-13-21(19,20)9-4-3-7(12)5-8(9)14(17)18/h3-5,13H,6H2,1-2H3,(H,15,16). The van der Waals surface area contributed by atoms with Crippen LogP contribution in [-0.2, 0) is 14.8 Å². The number of nitrogens with one attached hydrogen (secondary N) is 1. The van der Waals surface area contributed by atoms with Gasteiger partial charge in [-0.2, -0.15) is 0 Å². The Morgan fingerprint density at radius 3 is 2.52 bits per heavy atom. The quantitative estimate of drug-likeness (QED) is 0.600. The summed E-state index contributed by atoms with van der Waals surface area (Å²) in [7, 11) is -4.23. The third-order valence-electron chi connectivity index (χ3n) is 2.69. The molecule has 0 bridgehead atoms. The summed E-state index contributed by atoms with van der Waals surface area (Å²) >= 11 is 5.60. The smallest absolute Gasteiger partial charge is 0.310 e. The highest BCUT2D eigenvalue weighted by molar-refractivity contribution is 7.89. The van der Waals surface area contributed by atoms with Gasteiger partial charge < -0.3 is 5.11 Å². The minimum Gasteiger partial charge on any atom is -0.481 e. The second kappa shape index (κ2) is 5.96. The van der Waals surface area contributed by atoms with Crippen LogP contribution < -0.4 is 4.72 Å². The number of rotatable bonds is 6. The first-order valence-electron chi connectivity index (χ1n) is 5.64. The van der Waals surface area contributed by atoms with Gasteiger partial charge in [0.05, 0.1) is 10.3 Å². The van der Waals surface area contributed by atoms with E-state index in [0.717, 1.165) is 12.1 Å². The van der Waals surface area contributed by atoms with E-state index in [2.05, 4.69) is 4.72 Å². The molecule has 0 atom stereocenters. The van der Waals surface area contributed by atoms with E-state index in [1.165, 1.54) is 19.9 Å². The lowest BCUT2D eigenvalue weighted by molar-refractivity contribution is -0.387. The van der Waals surface area contributed by atoms with Crippen molar-refractivity contribution in [2.24, 2.45) is 5.41 Å². The zero-order valence-corrected chi connectivity index (χ0v) is 12.7. The van der Waals surface area contributed by atoms with Crippen molar-refractivity contribution in [2.45, 2.75) is 18.7 Å². The molecule has 0 aromatic heterocycles. The number of nitro groups is 1. The second-order valence-corrected chi connectivity index (χ2v) is 7.05. The Bertz CT molecular complexity index is 686. The van der Waals surface area contributed by atoms with Crippen LogP contribution in [0.25, 0.3) is 0 Å². The Hall–Kier alpha value is -1.71. The molecule has 0 radical (unpaired) electrons. The van der Waals surface area contributed by atoms with Crippen LogP contribution in [0.1, 0.15) is 13.8 Å². The number of hydrogen-bond donors (Lipinski definition) is 2. The molecule has 0 saturated heterocycles. The van der Waals surface area contributed by atoms with Gasteiger partial charge in [0.15, 0.2) is 4.90 Å². The molecule has 1 aromatic carbocycles. The highest BCUT2D eigenvalue weighted by Crippen LogP contribution is 2.27. The minimum absolute atomic E-state index is 0.0199. The fraction of sp³-hybridized carbons (Fsp3) is 0.364. The molecule has 0 fully saturated rings. The van der Waals surface area contributed by atoms with Crippen molar-refractivity contribution in [3.05, 3.63) is 33.3 Å². The number of carboxylic acids is 1. The van der Waals surface area contributed by atoms with Gasteiger partial charge in [-0.3, -0.25) is 14.9 Å². The molecule has 0 amide bonds. The number of nitrogens with zero attached hydrogens (tertiary/aromatic N) is 1. The Morgan fingerprint density at radius 1 is 1.48 bits per heavy atom. The molecule has 0 aliphatic rings. The van der Waals surface area contributed by atoms with Crippen LogP contribution in [0.4, 0.5) is 5.69 Å². The number of sulfonamides is 1. The summed E-state index contributed by atoms with van der Waals surface area (Å²) in [4.78, 5) is 20.4. The molecule has 2 N–H and O–H groups in total. The number of aliphatic carboxylic acids is 1. The lowest BCUT2D eigenvalue weighted by Gasteiger charge is -2.19. The summed E-state index contributed by atoms with van der Waals surface area (Å²) in [6.45, 7) is 2.24. The van der Waals surface area contributed by atoms with Crippen LogP contribution in [0.5, 0.6) is 0 Å². The van der Waals surface area contributed by atoms with Crippen molar-refractivity contribution in [3.63, 3.8) is 0 Å². The van der Waals surface area contributed by atoms with Crippen molar-refractivity contribution in [1.29, 1.82) is 0 Å². The number of benzene rings is 1. The van der Waals surface area contributed by atoms with Crippen molar-refractivity contribution < 1.29 is 23.2 Å². The molecule has 0 heterocycles. The van der Waals surface area contributed by atoms with Gasteiger partial charge in [-0.15, -0.1) is 0 Å². The van der Waals surface area contributed by atoms with Crippen LogP contribution in [0.3, 0.4) is 0 Å². The molecule has 21 heavy (non-hydrogen) atoms. The summed E-state index contributed by atoms with van der Waals surface area (Å²) in [5.41, 5.74) is -2.03. The molecule has 8 nitrogen and oxygen atoms in total. The molecule has 1 rings (SSSR count). The highest BCUT2D eigenvalue weighted by atomic mass is 35.5. The molecule has 0 aliphatic heterocycles. The molecule has 10 heteroatoms.